The third-order valence-corrected chi connectivity index (χ3v) is 2.96. The molecule has 1 atom stereocenters. The molecular formula is C13H13F2NO5. The van der Waals surface area contributed by atoms with Crippen LogP contribution in [0.5, 0.6) is 5.75 Å². The number of carbonyl (C=O) groups excluding carboxylic acids is 1. The maximum absolute atomic E-state index is 12.3. The van der Waals surface area contributed by atoms with Gasteiger partial charge in [-0.2, -0.15) is 8.78 Å². The second-order valence-electron chi connectivity index (χ2n) is 4.32. The van der Waals surface area contributed by atoms with Gasteiger partial charge in [0.15, 0.2) is 6.10 Å². The molecule has 0 bridgehead atoms. The second kappa shape index (κ2) is 6.49. The van der Waals surface area contributed by atoms with Crippen molar-refractivity contribution in [1.29, 1.82) is 0 Å². The molecule has 114 valence electrons. The van der Waals surface area contributed by atoms with Crippen LogP contribution < -0.4 is 4.74 Å². The van der Waals surface area contributed by atoms with Crippen LogP contribution in [0.3, 0.4) is 0 Å². The van der Waals surface area contributed by atoms with Crippen LogP contribution >= 0.6 is 0 Å². The summed E-state index contributed by atoms with van der Waals surface area (Å²) in [5.74, 6) is -1.98. The number of carboxylic acid groups (broad SMARTS) is 1. The third-order valence-electron chi connectivity index (χ3n) is 2.96. The minimum Gasteiger partial charge on any atom is -0.479 e. The highest BCUT2D eigenvalue weighted by molar-refractivity contribution is 5.97. The van der Waals surface area contributed by atoms with E-state index in [0.717, 1.165) is 0 Å². The Bertz CT molecular complexity index is 537. The van der Waals surface area contributed by atoms with Crippen LogP contribution in [0.15, 0.2) is 24.3 Å². The maximum Gasteiger partial charge on any atom is 0.387 e. The van der Waals surface area contributed by atoms with Crippen molar-refractivity contribution in [2.45, 2.75) is 12.7 Å². The highest BCUT2D eigenvalue weighted by Gasteiger charge is 2.30. The molecule has 0 aliphatic carbocycles. The number of rotatable bonds is 4. The number of para-hydroxylation sites is 1. The summed E-state index contributed by atoms with van der Waals surface area (Å²) in [6.45, 7) is -2.93. The molecule has 21 heavy (non-hydrogen) atoms. The summed E-state index contributed by atoms with van der Waals surface area (Å²) in [5, 5.41) is 8.90. The second-order valence-corrected chi connectivity index (χ2v) is 4.32. The van der Waals surface area contributed by atoms with E-state index in [2.05, 4.69) is 4.74 Å². The number of benzene rings is 1. The number of morpholine rings is 1. The van der Waals surface area contributed by atoms with E-state index >= 15 is 0 Å². The molecule has 1 fully saturated rings. The summed E-state index contributed by atoms with van der Waals surface area (Å²) in [4.78, 5) is 24.5. The summed E-state index contributed by atoms with van der Waals surface area (Å²) < 4.78 is 34.0. The lowest BCUT2D eigenvalue weighted by atomic mass is 10.1. The van der Waals surface area contributed by atoms with E-state index < -0.39 is 24.6 Å². The lowest BCUT2D eigenvalue weighted by Crippen LogP contribution is -2.48. The van der Waals surface area contributed by atoms with Crippen molar-refractivity contribution in [2.75, 3.05) is 19.7 Å². The number of ether oxygens (including phenoxy) is 2. The molecule has 1 saturated heterocycles. The minimum atomic E-state index is -3.05. The number of hydrogen-bond donors (Lipinski definition) is 1. The van der Waals surface area contributed by atoms with Gasteiger partial charge < -0.3 is 19.5 Å². The number of aliphatic carboxylic acids is 1. The average Bonchev–Trinajstić information content (AvgIpc) is 2.46. The van der Waals surface area contributed by atoms with Gasteiger partial charge in [-0.05, 0) is 12.1 Å². The van der Waals surface area contributed by atoms with Crippen molar-refractivity contribution in [3.05, 3.63) is 29.8 Å². The Morgan fingerprint density at radius 2 is 2.10 bits per heavy atom. The first kappa shape index (κ1) is 15.2. The molecule has 0 spiro atoms. The standard InChI is InChI=1S/C13H13F2NO5/c14-13(15)21-9-4-2-1-3-8(9)11(17)16-5-6-20-10(7-16)12(18)19/h1-4,10,13H,5-7H2,(H,18,19). The molecule has 2 rings (SSSR count). The fraction of sp³-hybridized carbons (Fsp3) is 0.385. The van der Waals surface area contributed by atoms with Gasteiger partial charge >= 0.3 is 12.6 Å². The van der Waals surface area contributed by atoms with Crippen LogP contribution in [0.2, 0.25) is 0 Å². The highest BCUT2D eigenvalue weighted by Crippen LogP contribution is 2.22. The first-order valence-electron chi connectivity index (χ1n) is 6.16. The minimum absolute atomic E-state index is 0.0381. The van der Waals surface area contributed by atoms with Crippen molar-refractivity contribution in [2.24, 2.45) is 0 Å². The topological polar surface area (TPSA) is 76.1 Å². The fourth-order valence-electron chi connectivity index (χ4n) is 2.00. The smallest absolute Gasteiger partial charge is 0.387 e. The molecule has 8 heteroatoms. The van der Waals surface area contributed by atoms with E-state index in [0.29, 0.717) is 0 Å². The molecule has 1 heterocycles. The number of hydrogen-bond acceptors (Lipinski definition) is 4. The molecule has 0 saturated carbocycles. The normalized spacial score (nSPS) is 18.6. The van der Waals surface area contributed by atoms with Crippen LogP contribution in [0.4, 0.5) is 8.78 Å². The van der Waals surface area contributed by atoms with Gasteiger partial charge in [0.2, 0.25) is 0 Å². The number of carbonyl (C=O) groups is 2. The van der Waals surface area contributed by atoms with Crippen LogP contribution in [0.1, 0.15) is 10.4 Å². The van der Waals surface area contributed by atoms with Crippen LogP contribution in [0, 0.1) is 0 Å². The zero-order valence-corrected chi connectivity index (χ0v) is 10.9. The van der Waals surface area contributed by atoms with Crippen molar-refractivity contribution in [3.63, 3.8) is 0 Å². The molecule has 1 aromatic rings. The Kier molecular flexibility index (Phi) is 4.69. The van der Waals surface area contributed by atoms with Gasteiger partial charge in [-0.3, -0.25) is 4.79 Å². The van der Waals surface area contributed by atoms with Crippen LogP contribution in [0.25, 0.3) is 0 Å². The third kappa shape index (κ3) is 3.66. The number of nitrogens with zero attached hydrogens (tertiary/aromatic N) is 1. The average molecular weight is 301 g/mol. The van der Waals surface area contributed by atoms with Gasteiger partial charge in [0.05, 0.1) is 18.7 Å². The largest absolute Gasteiger partial charge is 0.479 e. The Balaban J connectivity index is 2.18. The Hall–Kier alpha value is -2.22. The van der Waals surface area contributed by atoms with Gasteiger partial charge in [-0.15, -0.1) is 0 Å². The highest BCUT2D eigenvalue weighted by atomic mass is 19.3. The maximum atomic E-state index is 12.3. The summed E-state index contributed by atoms with van der Waals surface area (Å²) in [6.07, 6.45) is -1.12. The molecule has 1 unspecified atom stereocenters. The van der Waals surface area contributed by atoms with Gasteiger partial charge in [-0.25, -0.2) is 4.79 Å². The number of alkyl halides is 2. The Labute approximate surface area is 118 Å². The summed E-state index contributed by atoms with van der Waals surface area (Å²) >= 11 is 0. The quantitative estimate of drug-likeness (QED) is 0.904. The van der Waals surface area contributed by atoms with E-state index in [9.17, 15) is 18.4 Å². The zero-order valence-electron chi connectivity index (χ0n) is 10.9. The lowest BCUT2D eigenvalue weighted by Gasteiger charge is -2.31. The number of amides is 1. The van der Waals surface area contributed by atoms with E-state index in [-0.39, 0.29) is 31.0 Å². The predicted octanol–water partition coefficient (Wildman–Crippen LogP) is 1.21. The van der Waals surface area contributed by atoms with Crippen LogP contribution in [-0.2, 0) is 9.53 Å². The monoisotopic (exact) mass is 301 g/mol. The molecule has 0 radical (unpaired) electrons. The van der Waals surface area contributed by atoms with Gasteiger partial charge in [0.1, 0.15) is 5.75 Å². The number of halogens is 2. The SMILES string of the molecule is O=C(O)C1CN(C(=O)c2ccccc2OC(F)F)CCO1. The van der Waals surface area contributed by atoms with Crippen molar-refractivity contribution in [1.82, 2.24) is 4.90 Å². The molecule has 1 amide bonds. The molecule has 1 N–H and O–H groups in total. The molecule has 1 aliphatic rings. The summed E-state index contributed by atoms with van der Waals surface area (Å²) in [5.41, 5.74) is -0.0381. The Morgan fingerprint density at radius 1 is 1.38 bits per heavy atom. The first-order chi connectivity index (χ1) is 9.99. The van der Waals surface area contributed by atoms with Crippen molar-refractivity contribution >= 4 is 11.9 Å². The number of carboxylic acids is 1. The molecule has 1 aromatic carbocycles. The van der Waals surface area contributed by atoms with E-state index in [1.807, 2.05) is 0 Å². The van der Waals surface area contributed by atoms with E-state index in [1.54, 1.807) is 0 Å². The predicted molar refractivity (Wildman–Crippen MR) is 66.4 cm³/mol. The molecular weight excluding hydrogens is 288 g/mol. The first-order valence-corrected chi connectivity index (χ1v) is 6.16. The van der Waals surface area contributed by atoms with Crippen LogP contribution in [-0.4, -0.2) is 54.3 Å². The van der Waals surface area contributed by atoms with Gasteiger partial charge in [0.25, 0.3) is 5.91 Å². The molecule has 0 aromatic heterocycles. The van der Waals surface area contributed by atoms with Gasteiger partial charge in [0, 0.05) is 6.54 Å². The Morgan fingerprint density at radius 3 is 2.76 bits per heavy atom. The van der Waals surface area contributed by atoms with E-state index in [4.69, 9.17) is 9.84 Å². The summed E-state index contributed by atoms with van der Waals surface area (Å²) in [6, 6.07) is 5.59. The fourth-order valence-corrected chi connectivity index (χ4v) is 2.00. The van der Waals surface area contributed by atoms with Crippen molar-refractivity contribution < 1.29 is 33.0 Å². The summed E-state index contributed by atoms with van der Waals surface area (Å²) in [7, 11) is 0. The molecule has 1 aliphatic heterocycles. The van der Waals surface area contributed by atoms with E-state index in [1.165, 1.54) is 29.2 Å². The molecule has 6 nitrogen and oxygen atoms in total. The van der Waals surface area contributed by atoms with Crippen molar-refractivity contribution in [3.8, 4) is 5.75 Å². The lowest BCUT2D eigenvalue weighted by molar-refractivity contribution is -0.154. The van der Waals surface area contributed by atoms with Gasteiger partial charge in [-0.1, -0.05) is 12.1 Å². The zero-order chi connectivity index (χ0) is 15.4.